The fraction of sp³-hybridized carbons (Fsp3) is 0.529. The van der Waals surface area contributed by atoms with E-state index in [0.29, 0.717) is 24.5 Å². The second-order valence-corrected chi connectivity index (χ2v) is 6.02. The Morgan fingerprint density at radius 1 is 1.43 bits per heavy atom. The van der Waals surface area contributed by atoms with Crippen LogP contribution in [0.1, 0.15) is 49.7 Å². The highest BCUT2D eigenvalue weighted by molar-refractivity contribution is 6.31. The van der Waals surface area contributed by atoms with Crippen molar-refractivity contribution < 1.29 is 14.3 Å². The van der Waals surface area contributed by atoms with Crippen LogP contribution in [0.4, 0.5) is 0 Å². The van der Waals surface area contributed by atoms with E-state index in [2.05, 4.69) is 0 Å². The SMILES string of the molecule is CCOC(=O)C[C@H]1CCCC(=O)[C@@H]1c1ccc(C)c(Cl)c1. The number of rotatable bonds is 4. The Hall–Kier alpha value is -1.35. The number of ketones is 1. The maximum atomic E-state index is 12.3. The molecule has 0 aliphatic heterocycles. The van der Waals surface area contributed by atoms with Gasteiger partial charge in [0, 0.05) is 23.8 Å². The topological polar surface area (TPSA) is 43.4 Å². The van der Waals surface area contributed by atoms with Gasteiger partial charge in [-0.2, -0.15) is 0 Å². The minimum absolute atomic E-state index is 0.0177. The van der Waals surface area contributed by atoms with Crippen LogP contribution in [0.3, 0.4) is 0 Å². The number of hydrogen-bond donors (Lipinski definition) is 0. The highest BCUT2D eigenvalue weighted by Gasteiger charge is 2.34. The predicted octanol–water partition coefficient (Wildman–Crippen LogP) is 4.05. The van der Waals surface area contributed by atoms with Crippen LogP contribution in [-0.2, 0) is 14.3 Å². The second kappa shape index (κ2) is 7.08. The Morgan fingerprint density at radius 3 is 2.86 bits per heavy atom. The van der Waals surface area contributed by atoms with Crippen molar-refractivity contribution in [3.63, 3.8) is 0 Å². The van der Waals surface area contributed by atoms with E-state index >= 15 is 0 Å². The third-order valence-electron chi connectivity index (χ3n) is 4.11. The molecule has 0 spiro atoms. The third kappa shape index (κ3) is 3.85. The van der Waals surface area contributed by atoms with Crippen molar-refractivity contribution in [2.24, 2.45) is 5.92 Å². The minimum Gasteiger partial charge on any atom is -0.466 e. The number of halogens is 1. The Balaban J connectivity index is 2.23. The van der Waals surface area contributed by atoms with Crippen LogP contribution in [0.5, 0.6) is 0 Å². The van der Waals surface area contributed by atoms with Gasteiger partial charge in [0.1, 0.15) is 5.78 Å². The van der Waals surface area contributed by atoms with E-state index in [1.807, 2.05) is 25.1 Å². The van der Waals surface area contributed by atoms with Crippen molar-refractivity contribution in [2.45, 2.75) is 45.4 Å². The lowest BCUT2D eigenvalue weighted by atomic mass is 9.73. The van der Waals surface area contributed by atoms with E-state index < -0.39 is 0 Å². The molecule has 4 heteroatoms. The van der Waals surface area contributed by atoms with Gasteiger partial charge in [0.25, 0.3) is 0 Å². The summed E-state index contributed by atoms with van der Waals surface area (Å²) in [5.41, 5.74) is 1.91. The van der Waals surface area contributed by atoms with E-state index in [4.69, 9.17) is 16.3 Å². The highest BCUT2D eigenvalue weighted by Crippen LogP contribution is 2.38. The molecular formula is C17H21ClO3. The van der Waals surface area contributed by atoms with Crippen molar-refractivity contribution in [1.82, 2.24) is 0 Å². The molecule has 114 valence electrons. The normalized spacial score (nSPS) is 22.1. The lowest BCUT2D eigenvalue weighted by Gasteiger charge is -2.30. The van der Waals surface area contributed by atoms with Gasteiger partial charge in [0.2, 0.25) is 0 Å². The lowest BCUT2D eigenvalue weighted by molar-refractivity contribution is -0.144. The summed E-state index contributed by atoms with van der Waals surface area (Å²) in [7, 11) is 0. The van der Waals surface area contributed by atoms with E-state index in [9.17, 15) is 9.59 Å². The van der Waals surface area contributed by atoms with Gasteiger partial charge in [-0.25, -0.2) is 0 Å². The first kappa shape index (κ1) is 16.0. The Labute approximate surface area is 130 Å². The molecule has 0 amide bonds. The highest BCUT2D eigenvalue weighted by atomic mass is 35.5. The third-order valence-corrected chi connectivity index (χ3v) is 4.51. The van der Waals surface area contributed by atoms with Gasteiger partial charge in [-0.05, 0) is 49.8 Å². The van der Waals surface area contributed by atoms with E-state index in [0.717, 1.165) is 24.0 Å². The molecule has 2 atom stereocenters. The fourth-order valence-corrected chi connectivity index (χ4v) is 3.23. The zero-order valence-electron chi connectivity index (χ0n) is 12.5. The molecule has 0 bridgehead atoms. The van der Waals surface area contributed by atoms with Crippen LogP contribution in [0, 0.1) is 12.8 Å². The Kier molecular flexibility index (Phi) is 5.40. The molecule has 1 aromatic rings. The van der Waals surface area contributed by atoms with Crippen LogP contribution in [-0.4, -0.2) is 18.4 Å². The molecule has 3 nitrogen and oxygen atoms in total. The average Bonchev–Trinajstić information content (AvgIpc) is 2.43. The van der Waals surface area contributed by atoms with Crippen molar-refractivity contribution in [1.29, 1.82) is 0 Å². The number of hydrogen-bond acceptors (Lipinski definition) is 3. The number of aryl methyl sites for hydroxylation is 1. The number of esters is 1. The van der Waals surface area contributed by atoms with Crippen LogP contribution < -0.4 is 0 Å². The first-order valence-corrected chi connectivity index (χ1v) is 7.85. The number of benzene rings is 1. The van der Waals surface area contributed by atoms with Crippen LogP contribution in [0.2, 0.25) is 5.02 Å². The molecule has 0 radical (unpaired) electrons. The summed E-state index contributed by atoms with van der Waals surface area (Å²) in [4.78, 5) is 24.1. The van der Waals surface area contributed by atoms with Crippen molar-refractivity contribution in [3.05, 3.63) is 34.3 Å². The summed E-state index contributed by atoms with van der Waals surface area (Å²) in [6, 6.07) is 5.75. The van der Waals surface area contributed by atoms with Gasteiger partial charge in [-0.3, -0.25) is 9.59 Å². The van der Waals surface area contributed by atoms with Gasteiger partial charge >= 0.3 is 5.97 Å². The lowest BCUT2D eigenvalue weighted by Crippen LogP contribution is -2.29. The van der Waals surface area contributed by atoms with E-state index in [-0.39, 0.29) is 23.6 Å². The molecule has 21 heavy (non-hydrogen) atoms. The van der Waals surface area contributed by atoms with Crippen molar-refractivity contribution in [2.75, 3.05) is 6.61 Å². The largest absolute Gasteiger partial charge is 0.466 e. The fourth-order valence-electron chi connectivity index (χ4n) is 3.04. The van der Waals surface area contributed by atoms with Gasteiger partial charge in [-0.15, -0.1) is 0 Å². The van der Waals surface area contributed by atoms with Gasteiger partial charge in [0.05, 0.1) is 6.61 Å². The smallest absolute Gasteiger partial charge is 0.306 e. The summed E-state index contributed by atoms with van der Waals surface area (Å²) in [5, 5.41) is 0.667. The maximum absolute atomic E-state index is 12.3. The maximum Gasteiger partial charge on any atom is 0.306 e. The first-order chi connectivity index (χ1) is 10.0. The molecule has 0 aromatic heterocycles. The predicted molar refractivity (Wildman–Crippen MR) is 82.5 cm³/mol. The zero-order valence-corrected chi connectivity index (χ0v) is 13.3. The average molecular weight is 309 g/mol. The van der Waals surface area contributed by atoms with Crippen LogP contribution in [0.25, 0.3) is 0 Å². The number of carbonyl (C=O) groups is 2. The summed E-state index contributed by atoms with van der Waals surface area (Å²) in [5.74, 6) is -0.235. The molecule has 1 aromatic carbocycles. The number of ether oxygens (including phenoxy) is 1. The monoisotopic (exact) mass is 308 g/mol. The first-order valence-electron chi connectivity index (χ1n) is 7.47. The molecular weight excluding hydrogens is 288 g/mol. The number of Topliss-reactive ketones (excluding diaryl/α,β-unsaturated/α-hetero) is 1. The Bertz CT molecular complexity index is 539. The van der Waals surface area contributed by atoms with E-state index in [1.54, 1.807) is 6.92 Å². The minimum atomic E-state index is -0.235. The molecule has 1 saturated carbocycles. The quantitative estimate of drug-likeness (QED) is 0.788. The van der Waals surface area contributed by atoms with Gasteiger partial charge < -0.3 is 4.74 Å². The number of carbonyl (C=O) groups excluding carboxylic acids is 2. The molecule has 0 unspecified atom stereocenters. The van der Waals surface area contributed by atoms with Crippen LogP contribution >= 0.6 is 11.6 Å². The summed E-state index contributed by atoms with van der Waals surface area (Å²) in [6.07, 6.45) is 2.60. The van der Waals surface area contributed by atoms with E-state index in [1.165, 1.54) is 0 Å². The molecule has 0 saturated heterocycles. The Morgan fingerprint density at radius 2 is 2.19 bits per heavy atom. The standard InChI is InChI=1S/C17H21ClO3/c1-3-21-16(20)10-12-5-4-6-15(19)17(12)13-8-7-11(2)14(18)9-13/h7-9,12,17H,3-6,10H2,1-2H3/t12-,17+/m1/s1. The van der Waals surface area contributed by atoms with Gasteiger partial charge in [0.15, 0.2) is 0 Å². The molecule has 2 rings (SSSR count). The zero-order chi connectivity index (χ0) is 15.4. The van der Waals surface area contributed by atoms with Gasteiger partial charge in [-0.1, -0.05) is 23.7 Å². The molecule has 1 aliphatic carbocycles. The molecule has 0 heterocycles. The molecule has 1 fully saturated rings. The molecule has 0 N–H and O–H groups in total. The van der Waals surface area contributed by atoms with Crippen LogP contribution in [0.15, 0.2) is 18.2 Å². The second-order valence-electron chi connectivity index (χ2n) is 5.61. The van der Waals surface area contributed by atoms with Crippen molar-refractivity contribution >= 4 is 23.4 Å². The molecule has 1 aliphatic rings. The summed E-state index contributed by atoms with van der Waals surface area (Å²) in [6.45, 7) is 4.10. The summed E-state index contributed by atoms with van der Waals surface area (Å²) < 4.78 is 5.03. The summed E-state index contributed by atoms with van der Waals surface area (Å²) >= 11 is 6.18. The van der Waals surface area contributed by atoms with Crippen molar-refractivity contribution in [3.8, 4) is 0 Å².